The number of unbranched alkanes of at least 4 members (excludes halogenated alkanes) is 1. The molecule has 28 heavy (non-hydrogen) atoms. The Morgan fingerprint density at radius 3 is 2.43 bits per heavy atom. The van der Waals surface area contributed by atoms with Crippen molar-refractivity contribution < 1.29 is 29.1 Å². The summed E-state index contributed by atoms with van der Waals surface area (Å²) in [4.78, 5) is 41.6. The molecule has 0 fully saturated rings. The number of likely N-dealkylation sites (N-methyl/N-ethyl adjacent to an activating group) is 1. The van der Waals surface area contributed by atoms with Gasteiger partial charge in [-0.1, -0.05) is 48.7 Å². The predicted octanol–water partition coefficient (Wildman–Crippen LogP) is 2.66. The van der Waals surface area contributed by atoms with E-state index in [0.717, 1.165) is 16.9 Å². The highest BCUT2D eigenvalue weighted by Crippen LogP contribution is 2.09. The molecule has 0 aliphatic heterocycles. The van der Waals surface area contributed by atoms with Crippen LogP contribution in [0, 0.1) is 5.41 Å². The molecule has 0 spiro atoms. The van der Waals surface area contributed by atoms with Crippen LogP contribution in [-0.4, -0.2) is 58.8 Å². The van der Waals surface area contributed by atoms with Gasteiger partial charge < -0.3 is 19.6 Å². The molecule has 0 radical (unpaired) electrons. The Hall–Kier alpha value is -3.10. The Morgan fingerprint density at radius 1 is 1.21 bits per heavy atom. The molecule has 1 atom stereocenters. The normalized spacial score (nSPS) is 11.2. The minimum atomic E-state index is -1.19. The van der Waals surface area contributed by atoms with E-state index in [2.05, 4.69) is 0 Å². The minimum Gasteiger partial charge on any atom is -0.480 e. The zero-order valence-corrected chi connectivity index (χ0v) is 16.4. The maximum atomic E-state index is 12.3. The molecule has 0 bridgehead atoms. The van der Waals surface area contributed by atoms with Crippen LogP contribution in [0.3, 0.4) is 0 Å². The maximum absolute atomic E-state index is 12.3. The van der Waals surface area contributed by atoms with Gasteiger partial charge in [0.25, 0.3) is 0 Å². The first-order valence-electron chi connectivity index (χ1n) is 9.03. The number of hydroxylamine groups is 2. The summed E-state index contributed by atoms with van der Waals surface area (Å²) < 4.78 is 5.01. The van der Waals surface area contributed by atoms with E-state index in [9.17, 15) is 14.4 Å². The molecule has 1 rings (SSSR count). The summed E-state index contributed by atoms with van der Waals surface area (Å²) in [6.45, 7) is 3.35. The van der Waals surface area contributed by atoms with Crippen LogP contribution < -0.4 is 0 Å². The molecular weight excluding hydrogens is 366 g/mol. The number of hydrogen-bond acceptors (Lipinski definition) is 6. The van der Waals surface area contributed by atoms with Crippen LogP contribution in [0.1, 0.15) is 38.7 Å². The number of carbonyl (C=O) groups is 3. The van der Waals surface area contributed by atoms with Crippen molar-refractivity contribution in [3.63, 3.8) is 0 Å². The van der Waals surface area contributed by atoms with E-state index in [-0.39, 0.29) is 13.0 Å². The number of guanidine groups is 1. The third-order valence-corrected chi connectivity index (χ3v) is 4.01. The van der Waals surface area contributed by atoms with Crippen LogP contribution in [-0.2, 0) is 25.6 Å². The summed E-state index contributed by atoms with van der Waals surface area (Å²) in [5, 5.41) is 17.6. The van der Waals surface area contributed by atoms with Crippen LogP contribution in [0.2, 0.25) is 0 Å². The number of carbonyl (C=O) groups excluding carboxylic acids is 2. The molecule has 0 aliphatic rings. The lowest BCUT2D eigenvalue weighted by Gasteiger charge is -2.29. The average molecular weight is 393 g/mol. The van der Waals surface area contributed by atoms with Crippen LogP contribution in [0.4, 0.5) is 4.79 Å². The van der Waals surface area contributed by atoms with Gasteiger partial charge in [-0.3, -0.25) is 5.41 Å². The monoisotopic (exact) mass is 393 g/mol. The first kappa shape index (κ1) is 22.9. The quantitative estimate of drug-likeness (QED) is 0.301. The molecule has 154 valence electrons. The van der Waals surface area contributed by atoms with Crippen molar-refractivity contribution in [3.8, 4) is 0 Å². The van der Waals surface area contributed by atoms with E-state index >= 15 is 0 Å². The van der Waals surface area contributed by atoms with Crippen molar-refractivity contribution in [3.05, 3.63) is 35.9 Å². The third-order valence-electron chi connectivity index (χ3n) is 4.01. The molecule has 1 unspecified atom stereocenters. The highest BCUT2D eigenvalue weighted by atomic mass is 16.8. The van der Waals surface area contributed by atoms with Crippen molar-refractivity contribution in [2.75, 3.05) is 13.7 Å². The van der Waals surface area contributed by atoms with Gasteiger partial charge in [0.05, 0.1) is 13.0 Å². The van der Waals surface area contributed by atoms with Crippen LogP contribution >= 0.6 is 0 Å². The van der Waals surface area contributed by atoms with Crippen LogP contribution in [0.25, 0.3) is 0 Å². The van der Waals surface area contributed by atoms with Gasteiger partial charge in [-0.25, -0.2) is 14.4 Å². The highest BCUT2D eigenvalue weighted by Gasteiger charge is 2.31. The lowest BCUT2D eigenvalue weighted by molar-refractivity contribution is -0.169. The number of hydrogen-bond donors (Lipinski definition) is 2. The van der Waals surface area contributed by atoms with E-state index in [1.807, 2.05) is 37.3 Å². The summed E-state index contributed by atoms with van der Waals surface area (Å²) >= 11 is 0. The molecule has 0 saturated carbocycles. The Balaban J connectivity index is 2.81. The van der Waals surface area contributed by atoms with Gasteiger partial charge in [0, 0.05) is 7.05 Å². The number of aryl methyl sites for hydroxylation is 1. The minimum absolute atomic E-state index is 0.0196. The van der Waals surface area contributed by atoms with Gasteiger partial charge in [-0.15, -0.1) is 0 Å². The number of nitrogens with zero attached hydrogens (tertiary/aromatic N) is 2. The van der Waals surface area contributed by atoms with Gasteiger partial charge >= 0.3 is 18.0 Å². The molecule has 0 aliphatic carbocycles. The predicted molar refractivity (Wildman–Crippen MR) is 102 cm³/mol. The van der Waals surface area contributed by atoms with Crippen molar-refractivity contribution in [2.45, 2.75) is 45.6 Å². The maximum Gasteiger partial charge on any atom is 0.451 e. The number of ether oxygens (including phenoxy) is 1. The topological polar surface area (TPSA) is 120 Å². The Morgan fingerprint density at radius 2 is 1.86 bits per heavy atom. The van der Waals surface area contributed by atoms with Crippen molar-refractivity contribution in [2.24, 2.45) is 0 Å². The molecule has 1 amide bonds. The molecule has 2 N–H and O–H groups in total. The molecular formula is C19H27N3O6. The zero-order valence-electron chi connectivity index (χ0n) is 16.4. The molecule has 1 aromatic rings. The van der Waals surface area contributed by atoms with Crippen molar-refractivity contribution >= 4 is 24.0 Å². The van der Waals surface area contributed by atoms with E-state index in [0.29, 0.717) is 17.9 Å². The second-order valence-electron chi connectivity index (χ2n) is 6.16. The largest absolute Gasteiger partial charge is 0.480 e. The van der Waals surface area contributed by atoms with Gasteiger partial charge in [-0.2, -0.15) is 0 Å². The van der Waals surface area contributed by atoms with Gasteiger partial charge in [0.15, 0.2) is 0 Å². The second kappa shape index (κ2) is 11.6. The van der Waals surface area contributed by atoms with Crippen molar-refractivity contribution in [1.29, 1.82) is 5.41 Å². The molecule has 1 aromatic carbocycles. The summed E-state index contributed by atoms with van der Waals surface area (Å²) in [5.41, 5.74) is 0.920. The smallest absolute Gasteiger partial charge is 0.451 e. The van der Waals surface area contributed by atoms with E-state index < -0.39 is 30.0 Å². The van der Waals surface area contributed by atoms with E-state index in [4.69, 9.17) is 20.1 Å². The summed E-state index contributed by atoms with van der Waals surface area (Å²) in [6, 6.07) is 8.15. The number of nitrogens with one attached hydrogen (secondary N) is 1. The molecule has 0 saturated heterocycles. The molecule has 9 nitrogen and oxygen atoms in total. The number of rotatable bonds is 8. The van der Waals surface area contributed by atoms with E-state index in [1.165, 1.54) is 14.0 Å². The summed E-state index contributed by atoms with van der Waals surface area (Å²) in [7, 11) is 1.31. The van der Waals surface area contributed by atoms with Gasteiger partial charge in [0.2, 0.25) is 5.96 Å². The number of carboxylic acids is 1. The summed E-state index contributed by atoms with van der Waals surface area (Å²) in [6.07, 6.45) is 0.728. The fraction of sp³-hybridized carbons (Fsp3) is 0.474. The first-order chi connectivity index (χ1) is 13.3. The second-order valence-corrected chi connectivity index (χ2v) is 6.16. The fourth-order valence-corrected chi connectivity index (χ4v) is 2.06. The van der Waals surface area contributed by atoms with Crippen LogP contribution in [0.15, 0.2) is 30.3 Å². The number of amides is 1. The molecule has 0 heterocycles. The average Bonchev–Trinajstić information content (AvgIpc) is 2.69. The highest BCUT2D eigenvalue weighted by molar-refractivity contribution is 5.94. The number of benzene rings is 1. The van der Waals surface area contributed by atoms with E-state index in [1.54, 1.807) is 0 Å². The summed E-state index contributed by atoms with van der Waals surface area (Å²) in [5.74, 6) is -2.54. The molecule has 0 aromatic heterocycles. The van der Waals surface area contributed by atoms with Gasteiger partial charge in [0.1, 0.15) is 6.04 Å². The van der Waals surface area contributed by atoms with Crippen molar-refractivity contribution in [1.82, 2.24) is 9.96 Å². The number of carboxylic acid groups (broad SMARTS) is 1. The fourth-order valence-electron chi connectivity index (χ4n) is 2.06. The SMILES string of the molecule is CCCCOC(=O)N(OC(=O)CCc1ccccc1)C(=N)N(C)C(C)C(=O)O. The first-order valence-corrected chi connectivity index (χ1v) is 9.03. The van der Waals surface area contributed by atoms with Gasteiger partial charge in [-0.05, 0) is 25.3 Å². The number of aliphatic carboxylic acids is 1. The third kappa shape index (κ3) is 7.26. The lowest BCUT2D eigenvalue weighted by Crippen LogP contribution is -2.51. The Labute approximate surface area is 164 Å². The standard InChI is InChI=1S/C19H27N3O6/c1-4-5-13-27-19(26)22(18(20)21(3)14(2)17(24)25)28-16(23)12-11-15-9-7-6-8-10-15/h6-10,14,20H,4-5,11-13H2,1-3H3,(H,24,25). The Kier molecular flexibility index (Phi) is 9.49. The molecule has 9 heteroatoms. The van der Waals surface area contributed by atoms with Crippen LogP contribution in [0.5, 0.6) is 0 Å². The zero-order chi connectivity index (χ0) is 21.1. The lowest BCUT2D eigenvalue weighted by atomic mass is 10.1. The Bertz CT molecular complexity index is 680.